The average Bonchev–Trinajstić information content (AvgIpc) is 2.47. The van der Waals surface area contributed by atoms with Gasteiger partial charge in [0.2, 0.25) is 0 Å². The average molecular weight is 253 g/mol. The van der Waals surface area contributed by atoms with Gasteiger partial charge in [0.15, 0.2) is 0 Å². The van der Waals surface area contributed by atoms with Crippen LogP contribution in [0.25, 0.3) is 11.6 Å². The molecule has 0 aromatic heterocycles. The molecule has 0 saturated heterocycles. The number of rotatable bonds is 3. The zero-order chi connectivity index (χ0) is 13.7. The minimum Gasteiger partial charge on any atom is -0.465 e. The van der Waals surface area contributed by atoms with Crippen molar-refractivity contribution < 1.29 is 9.53 Å². The summed E-state index contributed by atoms with van der Waals surface area (Å²) in [5.74, 6) is -0.358. The van der Waals surface area contributed by atoms with Gasteiger partial charge in [0.1, 0.15) is 0 Å². The van der Waals surface area contributed by atoms with Gasteiger partial charge in [-0.3, -0.25) is 0 Å². The van der Waals surface area contributed by atoms with Crippen molar-refractivity contribution in [1.82, 2.24) is 0 Å². The Morgan fingerprint density at radius 1 is 1.05 bits per heavy atom. The summed E-state index contributed by atoms with van der Waals surface area (Å²) >= 11 is 0. The largest absolute Gasteiger partial charge is 0.465 e. The van der Waals surface area contributed by atoms with Crippen LogP contribution in [0.15, 0.2) is 54.6 Å². The summed E-state index contributed by atoms with van der Waals surface area (Å²) in [6.45, 7) is 0. The van der Waals surface area contributed by atoms with Crippen LogP contribution in [0.2, 0.25) is 0 Å². The van der Waals surface area contributed by atoms with Gasteiger partial charge in [0.05, 0.1) is 12.7 Å². The molecule has 2 aromatic carbocycles. The van der Waals surface area contributed by atoms with Crippen molar-refractivity contribution in [1.29, 1.82) is 0 Å². The van der Waals surface area contributed by atoms with Gasteiger partial charge in [-0.25, -0.2) is 4.79 Å². The Morgan fingerprint density at radius 2 is 1.68 bits per heavy atom. The number of nitrogens with two attached hydrogens (primary N) is 1. The number of ether oxygens (including phenoxy) is 1. The SMILES string of the molecule is COC(=O)/C(=C\c1ccc(N)cc1)c1ccccc1. The number of methoxy groups -OCH3 is 1. The predicted molar refractivity (Wildman–Crippen MR) is 77.2 cm³/mol. The molecule has 0 aliphatic carbocycles. The molecule has 2 aromatic rings. The first-order valence-electron chi connectivity index (χ1n) is 5.91. The number of nitrogen functional groups attached to an aromatic ring is 1. The molecule has 0 amide bonds. The molecule has 19 heavy (non-hydrogen) atoms. The van der Waals surface area contributed by atoms with E-state index in [1.165, 1.54) is 7.11 Å². The lowest BCUT2D eigenvalue weighted by Crippen LogP contribution is -2.03. The number of benzene rings is 2. The van der Waals surface area contributed by atoms with Crippen LogP contribution in [0.3, 0.4) is 0 Å². The molecule has 96 valence electrons. The van der Waals surface area contributed by atoms with Crippen LogP contribution in [-0.2, 0) is 9.53 Å². The third-order valence-electron chi connectivity index (χ3n) is 2.74. The van der Waals surface area contributed by atoms with Crippen LogP contribution in [0, 0.1) is 0 Å². The number of esters is 1. The highest BCUT2D eigenvalue weighted by Gasteiger charge is 2.11. The van der Waals surface area contributed by atoms with Gasteiger partial charge >= 0.3 is 5.97 Å². The quantitative estimate of drug-likeness (QED) is 0.396. The number of hydrogen-bond donors (Lipinski definition) is 1. The standard InChI is InChI=1S/C16H15NO2/c1-19-16(18)15(13-5-3-2-4-6-13)11-12-7-9-14(17)10-8-12/h2-11H,17H2,1H3/b15-11-. The molecule has 2 N–H and O–H groups in total. The summed E-state index contributed by atoms with van der Waals surface area (Å²) in [6, 6.07) is 16.7. The zero-order valence-electron chi connectivity index (χ0n) is 10.7. The Kier molecular flexibility index (Phi) is 3.98. The molecule has 3 nitrogen and oxygen atoms in total. The van der Waals surface area contributed by atoms with Crippen molar-refractivity contribution in [3.63, 3.8) is 0 Å². The Bertz CT molecular complexity index is 586. The first-order valence-corrected chi connectivity index (χ1v) is 5.91. The van der Waals surface area contributed by atoms with Crippen LogP contribution < -0.4 is 5.73 Å². The topological polar surface area (TPSA) is 52.3 Å². The molecule has 0 fully saturated rings. The summed E-state index contributed by atoms with van der Waals surface area (Å²) in [7, 11) is 1.38. The van der Waals surface area contributed by atoms with Crippen LogP contribution >= 0.6 is 0 Å². The Morgan fingerprint density at radius 3 is 2.26 bits per heavy atom. The van der Waals surface area contributed by atoms with Crippen molar-refractivity contribution in [2.75, 3.05) is 12.8 Å². The minimum atomic E-state index is -0.358. The van der Waals surface area contributed by atoms with Gasteiger partial charge in [-0.15, -0.1) is 0 Å². The van der Waals surface area contributed by atoms with E-state index >= 15 is 0 Å². The second-order valence-corrected chi connectivity index (χ2v) is 4.08. The molecule has 3 heteroatoms. The van der Waals surface area contributed by atoms with E-state index in [9.17, 15) is 4.79 Å². The highest BCUT2D eigenvalue weighted by atomic mass is 16.5. The highest BCUT2D eigenvalue weighted by Crippen LogP contribution is 2.20. The van der Waals surface area contributed by atoms with Gasteiger partial charge in [-0.1, -0.05) is 42.5 Å². The van der Waals surface area contributed by atoms with E-state index in [2.05, 4.69) is 0 Å². The summed E-state index contributed by atoms with van der Waals surface area (Å²) in [5, 5.41) is 0. The van der Waals surface area contributed by atoms with E-state index in [1.807, 2.05) is 42.5 Å². The summed E-state index contributed by atoms with van der Waals surface area (Å²) in [6.07, 6.45) is 1.79. The van der Waals surface area contributed by atoms with Crippen LogP contribution in [0.4, 0.5) is 5.69 Å². The lowest BCUT2D eigenvalue weighted by Gasteiger charge is -2.06. The molecule has 2 rings (SSSR count). The predicted octanol–water partition coefficient (Wildman–Crippen LogP) is 2.98. The maximum absolute atomic E-state index is 11.9. The molecule has 0 aliphatic rings. The van der Waals surface area contributed by atoms with E-state index in [1.54, 1.807) is 18.2 Å². The van der Waals surface area contributed by atoms with Gasteiger partial charge in [0.25, 0.3) is 0 Å². The van der Waals surface area contributed by atoms with Crippen molar-refractivity contribution in [3.05, 3.63) is 65.7 Å². The molecule has 0 spiro atoms. The first kappa shape index (κ1) is 12.9. The number of carbonyl (C=O) groups is 1. The molecule has 0 bridgehead atoms. The Hall–Kier alpha value is -2.55. The first-order chi connectivity index (χ1) is 9.20. The van der Waals surface area contributed by atoms with Gasteiger partial charge < -0.3 is 10.5 Å². The molecule has 0 heterocycles. The van der Waals surface area contributed by atoms with Crippen molar-refractivity contribution in [3.8, 4) is 0 Å². The maximum Gasteiger partial charge on any atom is 0.338 e. The molecule has 0 unspecified atom stereocenters. The fourth-order valence-electron chi connectivity index (χ4n) is 1.75. The number of hydrogen-bond acceptors (Lipinski definition) is 3. The van der Waals surface area contributed by atoms with Gasteiger partial charge in [0, 0.05) is 5.69 Å². The molecule has 0 radical (unpaired) electrons. The minimum absolute atomic E-state index is 0.358. The second kappa shape index (κ2) is 5.87. The zero-order valence-corrected chi connectivity index (χ0v) is 10.7. The van der Waals surface area contributed by atoms with E-state index in [0.717, 1.165) is 11.1 Å². The molecular formula is C16H15NO2. The summed E-state index contributed by atoms with van der Waals surface area (Å²) < 4.78 is 4.83. The third-order valence-corrected chi connectivity index (χ3v) is 2.74. The number of carbonyl (C=O) groups excluding carboxylic acids is 1. The van der Waals surface area contributed by atoms with Crippen LogP contribution in [0.5, 0.6) is 0 Å². The van der Waals surface area contributed by atoms with Crippen molar-refractivity contribution >= 4 is 23.3 Å². The third kappa shape index (κ3) is 3.22. The monoisotopic (exact) mass is 253 g/mol. The lowest BCUT2D eigenvalue weighted by molar-refractivity contribution is -0.133. The highest BCUT2D eigenvalue weighted by molar-refractivity contribution is 6.21. The van der Waals surface area contributed by atoms with Crippen molar-refractivity contribution in [2.24, 2.45) is 0 Å². The second-order valence-electron chi connectivity index (χ2n) is 4.08. The fraction of sp³-hybridized carbons (Fsp3) is 0.0625. The van der Waals surface area contributed by atoms with E-state index in [-0.39, 0.29) is 5.97 Å². The van der Waals surface area contributed by atoms with Gasteiger partial charge in [-0.2, -0.15) is 0 Å². The Balaban J connectivity index is 2.44. The van der Waals surface area contributed by atoms with Crippen molar-refractivity contribution in [2.45, 2.75) is 0 Å². The maximum atomic E-state index is 11.9. The summed E-state index contributed by atoms with van der Waals surface area (Å²) in [4.78, 5) is 11.9. The van der Waals surface area contributed by atoms with E-state index in [4.69, 9.17) is 10.5 Å². The number of anilines is 1. The molecule has 0 aliphatic heterocycles. The summed E-state index contributed by atoms with van der Waals surface area (Å²) in [5.41, 5.74) is 8.58. The van der Waals surface area contributed by atoms with Crippen LogP contribution in [0.1, 0.15) is 11.1 Å². The molecule has 0 saturated carbocycles. The molecular weight excluding hydrogens is 238 g/mol. The fourth-order valence-corrected chi connectivity index (χ4v) is 1.75. The molecule has 0 atom stereocenters. The van der Waals surface area contributed by atoms with E-state index in [0.29, 0.717) is 11.3 Å². The lowest BCUT2D eigenvalue weighted by atomic mass is 10.0. The smallest absolute Gasteiger partial charge is 0.338 e. The van der Waals surface area contributed by atoms with Crippen LogP contribution in [-0.4, -0.2) is 13.1 Å². The van der Waals surface area contributed by atoms with E-state index < -0.39 is 0 Å². The Labute approximate surface area is 112 Å². The normalized spacial score (nSPS) is 11.1. The van der Waals surface area contributed by atoms with Gasteiger partial charge in [-0.05, 0) is 29.3 Å².